The van der Waals surface area contributed by atoms with Gasteiger partial charge >= 0.3 is 0 Å². The summed E-state index contributed by atoms with van der Waals surface area (Å²) in [5.41, 5.74) is 2.02. The molecule has 1 amide bonds. The molecular formula is C19H22N2O3S. The molecule has 25 heavy (non-hydrogen) atoms. The molecule has 132 valence electrons. The zero-order valence-corrected chi connectivity index (χ0v) is 15.1. The van der Waals surface area contributed by atoms with E-state index >= 15 is 0 Å². The third-order valence-electron chi connectivity index (χ3n) is 4.36. The molecule has 0 bridgehead atoms. The smallest absolute Gasteiger partial charge is 0.261 e. The molecule has 1 aliphatic rings. The Balaban J connectivity index is 1.71. The number of hydrogen-bond acceptors (Lipinski definition) is 3. The van der Waals surface area contributed by atoms with E-state index in [2.05, 4.69) is 4.72 Å². The summed E-state index contributed by atoms with van der Waals surface area (Å²) >= 11 is 0. The van der Waals surface area contributed by atoms with Gasteiger partial charge in [0.15, 0.2) is 0 Å². The molecule has 0 aromatic heterocycles. The van der Waals surface area contributed by atoms with Gasteiger partial charge in [0.1, 0.15) is 0 Å². The topological polar surface area (TPSA) is 66.5 Å². The second-order valence-corrected chi connectivity index (χ2v) is 8.03. The van der Waals surface area contributed by atoms with E-state index in [9.17, 15) is 13.2 Å². The first-order valence-electron chi connectivity index (χ1n) is 8.44. The van der Waals surface area contributed by atoms with E-state index in [0.29, 0.717) is 11.3 Å². The van der Waals surface area contributed by atoms with Crippen molar-refractivity contribution in [2.24, 2.45) is 0 Å². The Morgan fingerprint density at radius 1 is 0.920 bits per heavy atom. The van der Waals surface area contributed by atoms with Crippen molar-refractivity contribution in [3.63, 3.8) is 0 Å². The number of piperidine rings is 1. The fourth-order valence-corrected chi connectivity index (χ4v) is 3.95. The molecule has 1 saturated heterocycles. The van der Waals surface area contributed by atoms with Crippen LogP contribution in [0.2, 0.25) is 0 Å². The van der Waals surface area contributed by atoms with Gasteiger partial charge in [0, 0.05) is 24.3 Å². The molecule has 0 saturated carbocycles. The summed E-state index contributed by atoms with van der Waals surface area (Å²) in [7, 11) is -3.63. The highest BCUT2D eigenvalue weighted by Gasteiger charge is 2.18. The van der Waals surface area contributed by atoms with E-state index in [-0.39, 0.29) is 10.8 Å². The highest BCUT2D eigenvalue weighted by atomic mass is 32.2. The number of likely N-dealkylation sites (tertiary alicyclic amines) is 1. The normalized spacial score (nSPS) is 15.0. The van der Waals surface area contributed by atoms with Gasteiger partial charge in [0.05, 0.1) is 4.90 Å². The number of amides is 1. The lowest BCUT2D eigenvalue weighted by Crippen LogP contribution is -2.35. The predicted molar refractivity (Wildman–Crippen MR) is 98.2 cm³/mol. The molecule has 0 unspecified atom stereocenters. The number of hydrogen-bond donors (Lipinski definition) is 1. The molecule has 0 radical (unpaired) electrons. The molecule has 6 heteroatoms. The highest BCUT2D eigenvalue weighted by Crippen LogP contribution is 2.19. The minimum Gasteiger partial charge on any atom is -0.339 e. The van der Waals surface area contributed by atoms with Crippen LogP contribution in [0.15, 0.2) is 53.4 Å². The number of benzene rings is 2. The lowest BCUT2D eigenvalue weighted by atomic mass is 10.1. The van der Waals surface area contributed by atoms with Gasteiger partial charge in [-0.05, 0) is 62.6 Å². The number of anilines is 1. The van der Waals surface area contributed by atoms with E-state index < -0.39 is 10.0 Å². The summed E-state index contributed by atoms with van der Waals surface area (Å²) in [6.07, 6.45) is 3.25. The van der Waals surface area contributed by atoms with Gasteiger partial charge in [-0.3, -0.25) is 9.52 Å². The number of nitrogens with one attached hydrogen (secondary N) is 1. The first kappa shape index (κ1) is 17.5. The summed E-state index contributed by atoms with van der Waals surface area (Å²) in [5, 5.41) is 0. The lowest BCUT2D eigenvalue weighted by Gasteiger charge is -2.26. The van der Waals surface area contributed by atoms with Crippen molar-refractivity contribution in [1.82, 2.24) is 4.90 Å². The van der Waals surface area contributed by atoms with Gasteiger partial charge in [-0.1, -0.05) is 17.7 Å². The van der Waals surface area contributed by atoms with Crippen molar-refractivity contribution >= 4 is 21.6 Å². The van der Waals surface area contributed by atoms with E-state index in [4.69, 9.17) is 0 Å². The monoisotopic (exact) mass is 358 g/mol. The van der Waals surface area contributed by atoms with Crippen molar-refractivity contribution in [3.05, 3.63) is 59.7 Å². The summed E-state index contributed by atoms with van der Waals surface area (Å²) in [6, 6.07) is 13.3. The first-order valence-corrected chi connectivity index (χ1v) is 9.93. The van der Waals surface area contributed by atoms with E-state index in [1.165, 1.54) is 6.42 Å². The third-order valence-corrected chi connectivity index (χ3v) is 5.76. The van der Waals surface area contributed by atoms with Crippen LogP contribution >= 0.6 is 0 Å². The molecule has 1 N–H and O–H groups in total. The summed E-state index contributed by atoms with van der Waals surface area (Å²) < 4.78 is 27.3. The maximum atomic E-state index is 12.4. The van der Waals surface area contributed by atoms with Gasteiger partial charge in [-0.15, -0.1) is 0 Å². The Labute approximate surface area is 148 Å². The summed E-state index contributed by atoms with van der Waals surface area (Å²) in [4.78, 5) is 14.5. The first-order chi connectivity index (χ1) is 12.0. The Morgan fingerprint density at radius 2 is 1.52 bits per heavy atom. The van der Waals surface area contributed by atoms with Gasteiger partial charge in [0.2, 0.25) is 0 Å². The lowest BCUT2D eigenvalue weighted by molar-refractivity contribution is 0.0724. The van der Waals surface area contributed by atoms with Crippen LogP contribution in [0.5, 0.6) is 0 Å². The molecule has 0 atom stereocenters. The van der Waals surface area contributed by atoms with Crippen LogP contribution in [0.1, 0.15) is 35.2 Å². The van der Waals surface area contributed by atoms with Crippen LogP contribution in [-0.2, 0) is 10.0 Å². The molecular weight excluding hydrogens is 336 g/mol. The van der Waals surface area contributed by atoms with Gasteiger partial charge in [-0.25, -0.2) is 8.42 Å². The number of carbonyl (C=O) groups excluding carboxylic acids is 1. The fourth-order valence-electron chi connectivity index (χ4n) is 2.89. The number of nitrogens with zero attached hydrogens (tertiary/aromatic N) is 1. The molecule has 2 aromatic rings. The molecule has 1 aliphatic heterocycles. The average Bonchev–Trinajstić information content (AvgIpc) is 2.62. The predicted octanol–water partition coefficient (Wildman–Crippen LogP) is 3.42. The van der Waals surface area contributed by atoms with Crippen molar-refractivity contribution in [3.8, 4) is 0 Å². The van der Waals surface area contributed by atoms with Crippen LogP contribution in [-0.4, -0.2) is 32.3 Å². The van der Waals surface area contributed by atoms with Crippen LogP contribution in [0, 0.1) is 6.92 Å². The Morgan fingerprint density at radius 3 is 2.12 bits per heavy atom. The zero-order valence-electron chi connectivity index (χ0n) is 14.2. The van der Waals surface area contributed by atoms with Crippen molar-refractivity contribution < 1.29 is 13.2 Å². The van der Waals surface area contributed by atoms with E-state index in [0.717, 1.165) is 31.5 Å². The molecule has 1 heterocycles. The maximum absolute atomic E-state index is 12.4. The molecule has 3 rings (SSSR count). The van der Waals surface area contributed by atoms with Crippen LogP contribution in [0.3, 0.4) is 0 Å². The van der Waals surface area contributed by atoms with Crippen molar-refractivity contribution in [2.45, 2.75) is 31.1 Å². The van der Waals surface area contributed by atoms with Gasteiger partial charge < -0.3 is 4.90 Å². The van der Waals surface area contributed by atoms with Gasteiger partial charge in [-0.2, -0.15) is 0 Å². The molecule has 0 spiro atoms. The van der Waals surface area contributed by atoms with Gasteiger partial charge in [0.25, 0.3) is 15.9 Å². The van der Waals surface area contributed by atoms with Crippen LogP contribution in [0.4, 0.5) is 5.69 Å². The second kappa shape index (κ2) is 7.27. The van der Waals surface area contributed by atoms with Crippen molar-refractivity contribution in [1.29, 1.82) is 0 Å². The summed E-state index contributed by atoms with van der Waals surface area (Å²) in [6.45, 7) is 3.49. The van der Waals surface area contributed by atoms with Crippen LogP contribution < -0.4 is 4.72 Å². The molecule has 2 aromatic carbocycles. The number of sulfonamides is 1. The third kappa shape index (κ3) is 4.20. The number of aryl methyl sites for hydroxylation is 1. The maximum Gasteiger partial charge on any atom is 0.261 e. The van der Waals surface area contributed by atoms with Crippen LogP contribution in [0.25, 0.3) is 0 Å². The zero-order chi connectivity index (χ0) is 17.9. The van der Waals surface area contributed by atoms with Crippen molar-refractivity contribution in [2.75, 3.05) is 17.8 Å². The second-order valence-electron chi connectivity index (χ2n) is 6.35. The molecule has 5 nitrogen and oxygen atoms in total. The quantitative estimate of drug-likeness (QED) is 0.911. The Hall–Kier alpha value is -2.34. The highest BCUT2D eigenvalue weighted by molar-refractivity contribution is 7.92. The van der Waals surface area contributed by atoms with E-state index in [1.807, 2.05) is 11.8 Å². The Bertz CT molecular complexity index is 837. The standard InChI is InChI=1S/C19H22N2O3S/c1-15-5-11-18(12-6-15)25(23,24)20-17-9-7-16(8-10-17)19(22)21-13-3-2-4-14-21/h5-12,20H,2-4,13-14H2,1H3. The number of rotatable bonds is 4. The largest absolute Gasteiger partial charge is 0.339 e. The summed E-state index contributed by atoms with van der Waals surface area (Å²) in [5.74, 6) is 0.00708. The molecule has 0 aliphatic carbocycles. The minimum atomic E-state index is -3.63. The average molecular weight is 358 g/mol. The molecule has 1 fully saturated rings. The SMILES string of the molecule is Cc1ccc(S(=O)(=O)Nc2ccc(C(=O)N3CCCCC3)cc2)cc1. The minimum absolute atomic E-state index is 0.00708. The fraction of sp³-hybridized carbons (Fsp3) is 0.316. The number of carbonyl (C=O) groups is 1. The Kier molecular flexibility index (Phi) is 5.08. The van der Waals surface area contributed by atoms with E-state index in [1.54, 1.807) is 48.5 Å².